The molecule has 2 N–H and O–H groups in total. The Balaban J connectivity index is 2.24. The van der Waals surface area contributed by atoms with E-state index in [0.717, 1.165) is 11.4 Å². The van der Waals surface area contributed by atoms with Gasteiger partial charge in [-0.15, -0.1) is 0 Å². The monoisotopic (exact) mass is 257 g/mol. The van der Waals surface area contributed by atoms with E-state index >= 15 is 0 Å². The summed E-state index contributed by atoms with van der Waals surface area (Å²) in [6.07, 6.45) is 2.97. The highest BCUT2D eigenvalue weighted by molar-refractivity contribution is 5.94. The zero-order valence-corrected chi connectivity index (χ0v) is 10.8. The number of anilines is 3. The summed E-state index contributed by atoms with van der Waals surface area (Å²) in [6.45, 7) is 0. The standard InChI is InChI=1S/C14H15N3O2/c1-17(2)11-5-3-10(4-6-11)16-13-9-15-8-7-12(13)14(18)19/h3-9,16H,1-2H3,(H,18,19). The summed E-state index contributed by atoms with van der Waals surface area (Å²) < 4.78 is 0. The van der Waals surface area contributed by atoms with Crippen molar-refractivity contribution in [2.24, 2.45) is 0 Å². The minimum atomic E-state index is -0.977. The van der Waals surface area contributed by atoms with Crippen LogP contribution in [0.15, 0.2) is 42.7 Å². The van der Waals surface area contributed by atoms with Gasteiger partial charge in [-0.05, 0) is 30.3 Å². The Morgan fingerprint density at radius 3 is 2.47 bits per heavy atom. The van der Waals surface area contributed by atoms with Gasteiger partial charge in [-0.2, -0.15) is 0 Å². The Kier molecular flexibility index (Phi) is 3.66. The van der Waals surface area contributed by atoms with E-state index in [-0.39, 0.29) is 5.56 Å². The van der Waals surface area contributed by atoms with Gasteiger partial charge >= 0.3 is 5.97 Å². The summed E-state index contributed by atoms with van der Waals surface area (Å²) in [6, 6.07) is 9.18. The second-order valence-electron chi connectivity index (χ2n) is 4.29. The fourth-order valence-electron chi connectivity index (χ4n) is 1.68. The van der Waals surface area contributed by atoms with E-state index in [1.807, 2.05) is 43.3 Å². The second-order valence-corrected chi connectivity index (χ2v) is 4.29. The topological polar surface area (TPSA) is 65.5 Å². The molecule has 19 heavy (non-hydrogen) atoms. The third-order valence-corrected chi connectivity index (χ3v) is 2.71. The molecule has 0 bridgehead atoms. The van der Waals surface area contributed by atoms with Gasteiger partial charge in [0.05, 0.1) is 17.4 Å². The second kappa shape index (κ2) is 5.39. The van der Waals surface area contributed by atoms with E-state index in [1.54, 1.807) is 0 Å². The molecule has 2 aromatic rings. The van der Waals surface area contributed by atoms with Crippen LogP contribution in [0.3, 0.4) is 0 Å². The molecule has 0 radical (unpaired) electrons. The first-order chi connectivity index (χ1) is 9.08. The number of nitrogens with zero attached hydrogens (tertiary/aromatic N) is 2. The first-order valence-corrected chi connectivity index (χ1v) is 5.79. The lowest BCUT2D eigenvalue weighted by molar-refractivity contribution is 0.0698. The molecule has 0 amide bonds. The molecule has 0 saturated heterocycles. The van der Waals surface area contributed by atoms with Crippen LogP contribution in [-0.4, -0.2) is 30.2 Å². The molecule has 0 fully saturated rings. The predicted molar refractivity (Wildman–Crippen MR) is 75.2 cm³/mol. The molecule has 2 rings (SSSR count). The van der Waals surface area contributed by atoms with Gasteiger partial charge < -0.3 is 15.3 Å². The molecule has 5 nitrogen and oxygen atoms in total. The number of pyridine rings is 1. The first-order valence-electron chi connectivity index (χ1n) is 5.79. The zero-order valence-electron chi connectivity index (χ0n) is 10.8. The first kappa shape index (κ1) is 12.9. The summed E-state index contributed by atoms with van der Waals surface area (Å²) >= 11 is 0. The third-order valence-electron chi connectivity index (χ3n) is 2.71. The van der Waals surface area contributed by atoms with Gasteiger partial charge in [-0.25, -0.2) is 4.79 Å². The largest absolute Gasteiger partial charge is 0.478 e. The predicted octanol–water partition coefficient (Wildman–Crippen LogP) is 2.59. The van der Waals surface area contributed by atoms with Crippen LogP contribution in [-0.2, 0) is 0 Å². The molecule has 0 aliphatic rings. The fourth-order valence-corrected chi connectivity index (χ4v) is 1.68. The molecule has 0 aliphatic carbocycles. The van der Waals surface area contributed by atoms with Gasteiger partial charge in [0.25, 0.3) is 0 Å². The molecule has 0 aliphatic heterocycles. The summed E-state index contributed by atoms with van der Waals surface area (Å²) in [5, 5.41) is 12.1. The fraction of sp³-hybridized carbons (Fsp3) is 0.143. The van der Waals surface area contributed by atoms with Crippen LogP contribution in [0.25, 0.3) is 0 Å². The van der Waals surface area contributed by atoms with Crippen molar-refractivity contribution < 1.29 is 9.90 Å². The van der Waals surface area contributed by atoms with Crippen LogP contribution in [0.1, 0.15) is 10.4 Å². The Bertz CT molecular complexity index is 579. The van der Waals surface area contributed by atoms with E-state index < -0.39 is 5.97 Å². The summed E-state index contributed by atoms with van der Waals surface area (Å²) in [5.41, 5.74) is 2.58. The highest BCUT2D eigenvalue weighted by atomic mass is 16.4. The van der Waals surface area contributed by atoms with Crippen molar-refractivity contribution >= 4 is 23.0 Å². The van der Waals surface area contributed by atoms with Crippen LogP contribution in [0.5, 0.6) is 0 Å². The van der Waals surface area contributed by atoms with Gasteiger partial charge in [-0.3, -0.25) is 4.98 Å². The Hall–Kier alpha value is -2.56. The van der Waals surface area contributed by atoms with Crippen LogP contribution < -0.4 is 10.2 Å². The smallest absolute Gasteiger partial charge is 0.337 e. The van der Waals surface area contributed by atoms with Gasteiger partial charge in [0.15, 0.2) is 0 Å². The lowest BCUT2D eigenvalue weighted by Crippen LogP contribution is -2.08. The summed E-state index contributed by atoms with van der Waals surface area (Å²) in [7, 11) is 3.93. The normalized spacial score (nSPS) is 10.0. The molecular formula is C14H15N3O2. The van der Waals surface area contributed by atoms with E-state index in [1.165, 1.54) is 18.5 Å². The molecular weight excluding hydrogens is 242 g/mol. The number of aromatic nitrogens is 1. The quantitative estimate of drug-likeness (QED) is 0.881. The van der Waals surface area contributed by atoms with Crippen molar-refractivity contribution in [3.05, 3.63) is 48.3 Å². The number of hydrogen-bond acceptors (Lipinski definition) is 4. The maximum Gasteiger partial charge on any atom is 0.337 e. The van der Waals surface area contributed by atoms with Crippen molar-refractivity contribution in [1.82, 2.24) is 4.98 Å². The van der Waals surface area contributed by atoms with Crippen molar-refractivity contribution in [1.29, 1.82) is 0 Å². The number of aromatic carboxylic acids is 1. The molecule has 0 atom stereocenters. The van der Waals surface area contributed by atoms with E-state index in [9.17, 15) is 4.79 Å². The minimum absolute atomic E-state index is 0.201. The average Bonchev–Trinajstić information content (AvgIpc) is 2.39. The van der Waals surface area contributed by atoms with Crippen molar-refractivity contribution in [3.8, 4) is 0 Å². The van der Waals surface area contributed by atoms with Crippen LogP contribution >= 0.6 is 0 Å². The molecule has 1 aromatic carbocycles. The lowest BCUT2D eigenvalue weighted by Gasteiger charge is -2.14. The van der Waals surface area contributed by atoms with E-state index in [0.29, 0.717) is 5.69 Å². The Morgan fingerprint density at radius 1 is 1.21 bits per heavy atom. The summed E-state index contributed by atoms with van der Waals surface area (Å²) in [5.74, 6) is -0.977. The minimum Gasteiger partial charge on any atom is -0.478 e. The van der Waals surface area contributed by atoms with Crippen molar-refractivity contribution in [2.45, 2.75) is 0 Å². The van der Waals surface area contributed by atoms with Gasteiger partial charge in [0.2, 0.25) is 0 Å². The number of carboxylic acids is 1. The van der Waals surface area contributed by atoms with Crippen LogP contribution in [0.2, 0.25) is 0 Å². The van der Waals surface area contributed by atoms with Gasteiger partial charge in [0, 0.05) is 31.7 Å². The SMILES string of the molecule is CN(C)c1ccc(Nc2cnccc2C(=O)O)cc1. The highest BCUT2D eigenvalue weighted by Crippen LogP contribution is 2.22. The van der Waals surface area contributed by atoms with E-state index in [2.05, 4.69) is 10.3 Å². The van der Waals surface area contributed by atoms with Gasteiger partial charge in [0.1, 0.15) is 0 Å². The summed E-state index contributed by atoms with van der Waals surface area (Å²) in [4.78, 5) is 17.0. The molecule has 0 saturated carbocycles. The maximum absolute atomic E-state index is 11.1. The number of carbonyl (C=O) groups is 1. The number of nitrogens with one attached hydrogen (secondary N) is 1. The molecule has 1 heterocycles. The number of carboxylic acid groups (broad SMARTS) is 1. The maximum atomic E-state index is 11.1. The van der Waals surface area contributed by atoms with Crippen LogP contribution in [0.4, 0.5) is 17.1 Å². The van der Waals surface area contributed by atoms with E-state index in [4.69, 9.17) is 5.11 Å². The number of rotatable bonds is 4. The lowest BCUT2D eigenvalue weighted by atomic mass is 10.2. The molecule has 98 valence electrons. The number of benzene rings is 1. The Morgan fingerprint density at radius 2 is 1.89 bits per heavy atom. The van der Waals surface area contributed by atoms with Crippen LogP contribution in [0, 0.1) is 0 Å². The molecule has 0 spiro atoms. The zero-order chi connectivity index (χ0) is 13.8. The Labute approximate surface area is 111 Å². The molecule has 5 heteroatoms. The van der Waals surface area contributed by atoms with Gasteiger partial charge in [-0.1, -0.05) is 0 Å². The molecule has 1 aromatic heterocycles. The van der Waals surface area contributed by atoms with Crippen molar-refractivity contribution in [3.63, 3.8) is 0 Å². The average molecular weight is 257 g/mol. The number of hydrogen-bond donors (Lipinski definition) is 2. The molecule has 0 unspecified atom stereocenters. The highest BCUT2D eigenvalue weighted by Gasteiger charge is 2.09. The third kappa shape index (κ3) is 3.01. The van der Waals surface area contributed by atoms with Crippen molar-refractivity contribution in [2.75, 3.05) is 24.3 Å².